The number of anilines is 1. The van der Waals surface area contributed by atoms with Crippen LogP contribution in [0.15, 0.2) is 12.1 Å². The lowest BCUT2D eigenvalue weighted by atomic mass is 10.0. The van der Waals surface area contributed by atoms with E-state index in [9.17, 15) is 18.7 Å². The van der Waals surface area contributed by atoms with Crippen LogP contribution in [0.5, 0.6) is 0 Å². The molecule has 0 aromatic heterocycles. The molecule has 116 valence electrons. The molecule has 1 unspecified atom stereocenters. The third-order valence-electron chi connectivity index (χ3n) is 3.30. The molecule has 1 aromatic carbocycles. The third kappa shape index (κ3) is 3.30. The van der Waals surface area contributed by atoms with Crippen molar-refractivity contribution in [3.8, 4) is 0 Å². The van der Waals surface area contributed by atoms with Crippen molar-refractivity contribution in [3.05, 3.63) is 29.3 Å². The predicted octanol–water partition coefficient (Wildman–Crippen LogP) is 1.16. The maximum absolute atomic E-state index is 13.3. The average Bonchev–Trinajstić information content (AvgIpc) is 2.40. The van der Waals surface area contributed by atoms with Crippen LogP contribution >= 0.6 is 0 Å². The van der Waals surface area contributed by atoms with Gasteiger partial charge in [-0.25, -0.2) is 8.78 Å². The second-order valence-corrected chi connectivity index (χ2v) is 5.72. The van der Waals surface area contributed by atoms with Crippen molar-refractivity contribution in [2.75, 3.05) is 25.4 Å². The number of nitrogen functional groups attached to an aromatic ring is 1. The fraction of sp³-hybridized carbons (Fsp3) is 0.500. The largest absolute Gasteiger partial charge is 0.398 e. The third-order valence-corrected chi connectivity index (χ3v) is 3.30. The smallest absolute Gasteiger partial charge is 0.256 e. The van der Waals surface area contributed by atoms with Crippen molar-refractivity contribution in [1.82, 2.24) is 4.90 Å². The SMILES string of the molecule is CC1(C)CN(C(=O)c2cc(F)c(F)cc2N)CC(CO)O1. The zero-order chi connectivity index (χ0) is 15.8. The summed E-state index contributed by atoms with van der Waals surface area (Å²) in [5.41, 5.74) is 4.74. The molecule has 2 rings (SSSR count). The van der Waals surface area contributed by atoms with E-state index in [0.29, 0.717) is 0 Å². The monoisotopic (exact) mass is 300 g/mol. The van der Waals surface area contributed by atoms with Gasteiger partial charge in [0.2, 0.25) is 0 Å². The van der Waals surface area contributed by atoms with E-state index in [2.05, 4.69) is 0 Å². The average molecular weight is 300 g/mol. The summed E-state index contributed by atoms with van der Waals surface area (Å²) in [6.07, 6.45) is -0.524. The van der Waals surface area contributed by atoms with Gasteiger partial charge in [-0.3, -0.25) is 4.79 Å². The number of nitrogens with two attached hydrogens (primary N) is 1. The summed E-state index contributed by atoms with van der Waals surface area (Å²) in [6.45, 7) is 3.76. The minimum absolute atomic E-state index is 0.0942. The van der Waals surface area contributed by atoms with Gasteiger partial charge >= 0.3 is 0 Å². The molecule has 0 saturated carbocycles. The van der Waals surface area contributed by atoms with E-state index >= 15 is 0 Å². The molecule has 7 heteroatoms. The molecular formula is C14H18F2N2O3. The number of aliphatic hydroxyl groups excluding tert-OH is 1. The maximum Gasteiger partial charge on any atom is 0.256 e. The van der Waals surface area contributed by atoms with E-state index in [1.165, 1.54) is 4.90 Å². The highest BCUT2D eigenvalue weighted by Crippen LogP contribution is 2.25. The number of rotatable bonds is 2. The first kappa shape index (κ1) is 15.7. The molecule has 1 aliphatic rings. The second kappa shape index (κ2) is 5.57. The number of carbonyl (C=O) groups excluding carboxylic acids is 1. The number of nitrogens with zero attached hydrogens (tertiary/aromatic N) is 1. The first-order chi connectivity index (χ1) is 9.73. The predicted molar refractivity (Wildman–Crippen MR) is 72.7 cm³/mol. The molecule has 1 saturated heterocycles. The van der Waals surface area contributed by atoms with Crippen LogP contribution in [0.4, 0.5) is 14.5 Å². The molecule has 3 N–H and O–H groups in total. The van der Waals surface area contributed by atoms with Gasteiger partial charge in [-0.15, -0.1) is 0 Å². The lowest BCUT2D eigenvalue weighted by molar-refractivity contribution is -0.139. The minimum Gasteiger partial charge on any atom is -0.398 e. The second-order valence-electron chi connectivity index (χ2n) is 5.72. The lowest BCUT2D eigenvalue weighted by Gasteiger charge is -2.42. The zero-order valence-corrected chi connectivity index (χ0v) is 11.9. The number of hydrogen-bond donors (Lipinski definition) is 2. The van der Waals surface area contributed by atoms with Crippen LogP contribution in [-0.4, -0.2) is 47.3 Å². The molecule has 5 nitrogen and oxygen atoms in total. The van der Waals surface area contributed by atoms with Gasteiger partial charge in [0.05, 0.1) is 23.9 Å². The molecule has 0 aliphatic carbocycles. The van der Waals surface area contributed by atoms with Crippen molar-refractivity contribution in [2.45, 2.75) is 25.6 Å². The molecule has 0 bridgehead atoms. The number of morpholine rings is 1. The van der Waals surface area contributed by atoms with E-state index in [1.807, 2.05) is 0 Å². The highest BCUT2D eigenvalue weighted by Gasteiger charge is 2.36. The van der Waals surface area contributed by atoms with Gasteiger partial charge in [0.25, 0.3) is 5.91 Å². The summed E-state index contributed by atoms with van der Waals surface area (Å²) in [5.74, 6) is -2.74. The molecule has 0 radical (unpaired) electrons. The number of benzene rings is 1. The van der Waals surface area contributed by atoms with Crippen molar-refractivity contribution in [3.63, 3.8) is 0 Å². The van der Waals surface area contributed by atoms with Crippen LogP contribution < -0.4 is 5.73 Å². The Morgan fingerprint density at radius 1 is 1.48 bits per heavy atom. The van der Waals surface area contributed by atoms with Crippen LogP contribution in [0.3, 0.4) is 0 Å². The van der Waals surface area contributed by atoms with Crippen LogP contribution in [0.25, 0.3) is 0 Å². The van der Waals surface area contributed by atoms with E-state index in [-0.39, 0.29) is 30.9 Å². The zero-order valence-electron chi connectivity index (χ0n) is 11.9. The van der Waals surface area contributed by atoms with E-state index in [0.717, 1.165) is 12.1 Å². The highest BCUT2D eigenvalue weighted by molar-refractivity contribution is 5.99. The molecule has 1 aliphatic heterocycles. The molecular weight excluding hydrogens is 282 g/mol. The Hall–Kier alpha value is -1.73. The molecule has 1 amide bonds. The Balaban J connectivity index is 2.29. The number of hydrogen-bond acceptors (Lipinski definition) is 4. The van der Waals surface area contributed by atoms with Crippen molar-refractivity contribution in [1.29, 1.82) is 0 Å². The fourth-order valence-electron chi connectivity index (χ4n) is 2.46. The summed E-state index contributed by atoms with van der Waals surface area (Å²) in [4.78, 5) is 13.9. The number of ether oxygens (including phenoxy) is 1. The van der Waals surface area contributed by atoms with Gasteiger partial charge in [0, 0.05) is 24.8 Å². The van der Waals surface area contributed by atoms with Gasteiger partial charge in [-0.1, -0.05) is 0 Å². The van der Waals surface area contributed by atoms with Crippen molar-refractivity contribution in [2.24, 2.45) is 0 Å². The maximum atomic E-state index is 13.3. The van der Waals surface area contributed by atoms with Gasteiger partial charge in [-0.05, 0) is 19.9 Å². The van der Waals surface area contributed by atoms with E-state index < -0.39 is 29.2 Å². The first-order valence-corrected chi connectivity index (χ1v) is 6.56. The Bertz CT molecular complexity index is 563. The van der Waals surface area contributed by atoms with E-state index in [4.69, 9.17) is 10.5 Å². The normalized spacial score (nSPS) is 21.4. The molecule has 1 heterocycles. The van der Waals surface area contributed by atoms with Gasteiger partial charge < -0.3 is 20.5 Å². The van der Waals surface area contributed by atoms with Gasteiger partial charge in [0.15, 0.2) is 11.6 Å². The fourth-order valence-corrected chi connectivity index (χ4v) is 2.46. The topological polar surface area (TPSA) is 75.8 Å². The van der Waals surface area contributed by atoms with Crippen LogP contribution in [0.2, 0.25) is 0 Å². The molecule has 0 spiro atoms. The summed E-state index contributed by atoms with van der Waals surface area (Å²) in [7, 11) is 0. The molecule has 1 atom stereocenters. The standard InChI is InChI=1S/C14H18F2N2O3/c1-14(2)7-18(5-8(6-19)21-14)13(20)9-3-10(15)11(16)4-12(9)17/h3-4,8,19H,5-7,17H2,1-2H3. The summed E-state index contributed by atoms with van der Waals surface area (Å²) < 4.78 is 32.0. The number of amides is 1. The molecule has 1 aromatic rings. The van der Waals surface area contributed by atoms with Crippen LogP contribution in [0, 0.1) is 11.6 Å². The Morgan fingerprint density at radius 2 is 2.10 bits per heavy atom. The number of halogens is 2. The van der Waals surface area contributed by atoms with Crippen molar-refractivity contribution < 1.29 is 23.4 Å². The number of carbonyl (C=O) groups is 1. The number of aliphatic hydroxyl groups is 1. The van der Waals surface area contributed by atoms with Gasteiger partial charge in [-0.2, -0.15) is 0 Å². The van der Waals surface area contributed by atoms with E-state index in [1.54, 1.807) is 13.8 Å². The quantitative estimate of drug-likeness (QED) is 0.804. The first-order valence-electron chi connectivity index (χ1n) is 6.56. The van der Waals surface area contributed by atoms with Crippen molar-refractivity contribution >= 4 is 11.6 Å². The Morgan fingerprint density at radius 3 is 2.71 bits per heavy atom. The van der Waals surface area contributed by atoms with Crippen LogP contribution in [-0.2, 0) is 4.74 Å². The van der Waals surface area contributed by atoms with Gasteiger partial charge in [0.1, 0.15) is 0 Å². The Labute approximate surface area is 121 Å². The summed E-state index contributed by atoms with van der Waals surface area (Å²) in [6, 6.07) is 1.58. The van der Waals surface area contributed by atoms with Crippen LogP contribution in [0.1, 0.15) is 24.2 Å². The summed E-state index contributed by atoms with van der Waals surface area (Å²) >= 11 is 0. The molecule has 1 fully saturated rings. The lowest BCUT2D eigenvalue weighted by Crippen LogP contribution is -2.55. The minimum atomic E-state index is -1.13. The summed E-state index contributed by atoms with van der Waals surface area (Å²) in [5, 5.41) is 9.23. The molecule has 21 heavy (non-hydrogen) atoms. The Kier molecular flexibility index (Phi) is 4.15. The highest BCUT2D eigenvalue weighted by atomic mass is 19.2.